The van der Waals surface area contributed by atoms with Gasteiger partial charge in [0.15, 0.2) is 5.78 Å². The lowest BCUT2D eigenvalue weighted by Crippen LogP contribution is -2.11. The third-order valence-electron chi connectivity index (χ3n) is 2.52. The van der Waals surface area contributed by atoms with Crippen LogP contribution in [-0.4, -0.2) is 32.3 Å². The Bertz CT molecular complexity index is 537. The fraction of sp³-hybridized carbons (Fsp3) is 0.357. The number of carbonyl (C=O) groups is 1. The molecule has 0 amide bonds. The van der Waals surface area contributed by atoms with E-state index in [4.69, 9.17) is 0 Å². The van der Waals surface area contributed by atoms with Crippen molar-refractivity contribution in [3.8, 4) is 5.69 Å². The average molecular weight is 275 g/mol. The molecule has 19 heavy (non-hydrogen) atoms. The molecule has 4 nitrogen and oxygen atoms in total. The molecule has 0 bridgehead atoms. The second-order valence-electron chi connectivity index (χ2n) is 4.70. The number of nitrogens with zero attached hydrogens (tertiary/aromatic N) is 3. The number of Topliss-reactive ketones (excluding diaryl/α,β-unsaturated/α-hetero) is 1. The minimum atomic E-state index is 0.0690. The van der Waals surface area contributed by atoms with Crippen LogP contribution in [0.3, 0.4) is 0 Å². The molecular weight excluding hydrogens is 258 g/mol. The van der Waals surface area contributed by atoms with Crippen molar-refractivity contribution in [2.24, 2.45) is 5.92 Å². The van der Waals surface area contributed by atoms with E-state index in [1.54, 1.807) is 16.4 Å². The third kappa shape index (κ3) is 3.67. The molecule has 0 unspecified atom stereocenters. The third-order valence-corrected chi connectivity index (χ3v) is 3.89. The highest BCUT2D eigenvalue weighted by molar-refractivity contribution is 7.99. The van der Waals surface area contributed by atoms with Crippen molar-refractivity contribution in [3.63, 3.8) is 0 Å². The second kappa shape index (κ2) is 6.52. The summed E-state index contributed by atoms with van der Waals surface area (Å²) in [4.78, 5) is 12.2. The van der Waals surface area contributed by atoms with Crippen LogP contribution in [0.1, 0.15) is 24.3 Å². The second-order valence-corrected chi connectivity index (χ2v) is 5.73. The molecule has 0 atom stereocenters. The van der Waals surface area contributed by atoms with Crippen LogP contribution in [0.25, 0.3) is 5.69 Å². The normalized spacial score (nSPS) is 10.9. The largest absolute Gasteiger partial charge is 0.291 e. The monoisotopic (exact) mass is 275 g/mol. The number of rotatable bonds is 6. The van der Waals surface area contributed by atoms with Crippen LogP contribution >= 0.6 is 11.8 Å². The minimum Gasteiger partial charge on any atom is -0.291 e. The number of hydrogen-bond acceptors (Lipinski definition) is 4. The van der Waals surface area contributed by atoms with Crippen LogP contribution in [0, 0.1) is 5.92 Å². The SMILES string of the molecule is CC(C)CSCC(=O)c1cnnn1-c1ccccc1. The molecule has 1 heterocycles. The number of aromatic nitrogens is 3. The fourth-order valence-electron chi connectivity index (χ4n) is 1.65. The Balaban J connectivity index is 2.09. The Hall–Kier alpha value is -1.62. The molecule has 1 aromatic carbocycles. The summed E-state index contributed by atoms with van der Waals surface area (Å²) in [6, 6.07) is 9.58. The van der Waals surface area contributed by atoms with Gasteiger partial charge in [-0.3, -0.25) is 4.79 Å². The lowest BCUT2D eigenvalue weighted by molar-refractivity contribution is 0.101. The topological polar surface area (TPSA) is 47.8 Å². The predicted octanol–water partition coefficient (Wildman–Crippen LogP) is 2.84. The molecule has 0 aliphatic rings. The van der Waals surface area contributed by atoms with Crippen molar-refractivity contribution in [3.05, 3.63) is 42.2 Å². The summed E-state index contributed by atoms with van der Waals surface area (Å²) in [5, 5.41) is 7.83. The van der Waals surface area contributed by atoms with Crippen molar-refractivity contribution in [2.75, 3.05) is 11.5 Å². The number of thioether (sulfide) groups is 1. The highest BCUT2D eigenvalue weighted by Gasteiger charge is 2.14. The first kappa shape index (κ1) is 13.8. The summed E-state index contributed by atoms with van der Waals surface area (Å²) < 4.78 is 1.60. The van der Waals surface area contributed by atoms with Crippen molar-refractivity contribution >= 4 is 17.5 Å². The Labute approximate surface area is 117 Å². The lowest BCUT2D eigenvalue weighted by atomic mass is 10.3. The van der Waals surface area contributed by atoms with E-state index in [1.807, 2.05) is 30.3 Å². The highest BCUT2D eigenvalue weighted by Crippen LogP contribution is 2.13. The van der Waals surface area contributed by atoms with Gasteiger partial charge in [-0.2, -0.15) is 11.8 Å². The molecule has 0 spiro atoms. The smallest absolute Gasteiger partial charge is 0.192 e. The summed E-state index contributed by atoms with van der Waals surface area (Å²) in [6.07, 6.45) is 1.53. The molecule has 0 saturated heterocycles. The van der Waals surface area contributed by atoms with Gasteiger partial charge < -0.3 is 0 Å². The van der Waals surface area contributed by atoms with Gasteiger partial charge in [-0.1, -0.05) is 37.3 Å². The molecule has 0 saturated carbocycles. The van der Waals surface area contributed by atoms with Crippen LogP contribution in [0.2, 0.25) is 0 Å². The standard InChI is InChI=1S/C14H17N3OS/c1-11(2)9-19-10-14(18)13-8-15-16-17(13)12-6-4-3-5-7-12/h3-8,11H,9-10H2,1-2H3. The molecule has 0 aliphatic carbocycles. The van der Waals surface area contributed by atoms with E-state index < -0.39 is 0 Å². The summed E-state index contributed by atoms with van der Waals surface area (Å²) >= 11 is 1.65. The van der Waals surface area contributed by atoms with Gasteiger partial charge in [-0.25, -0.2) is 4.68 Å². The first-order chi connectivity index (χ1) is 9.18. The number of carbonyl (C=O) groups excluding carboxylic acids is 1. The first-order valence-electron chi connectivity index (χ1n) is 6.25. The molecule has 0 N–H and O–H groups in total. The summed E-state index contributed by atoms with van der Waals surface area (Å²) in [6.45, 7) is 4.29. The minimum absolute atomic E-state index is 0.0690. The number of hydrogen-bond donors (Lipinski definition) is 0. The number of ketones is 1. The van der Waals surface area contributed by atoms with E-state index in [2.05, 4.69) is 24.2 Å². The van der Waals surface area contributed by atoms with Crippen LogP contribution in [-0.2, 0) is 0 Å². The maximum atomic E-state index is 12.2. The van der Waals surface area contributed by atoms with Crippen LogP contribution < -0.4 is 0 Å². The summed E-state index contributed by atoms with van der Waals surface area (Å²) in [5.41, 5.74) is 1.40. The van der Waals surface area contributed by atoms with Crippen molar-refractivity contribution in [2.45, 2.75) is 13.8 Å². The summed E-state index contributed by atoms with van der Waals surface area (Å²) in [5.74, 6) is 2.12. The average Bonchev–Trinajstić information content (AvgIpc) is 2.88. The zero-order chi connectivity index (χ0) is 13.7. The number of benzene rings is 1. The Morgan fingerprint density at radius 2 is 2.05 bits per heavy atom. The maximum absolute atomic E-state index is 12.2. The molecule has 5 heteroatoms. The van der Waals surface area contributed by atoms with Gasteiger partial charge in [0.2, 0.25) is 0 Å². The zero-order valence-corrected chi connectivity index (χ0v) is 11.9. The quantitative estimate of drug-likeness (QED) is 0.761. The van der Waals surface area contributed by atoms with Gasteiger partial charge in [-0.15, -0.1) is 5.10 Å². The van der Waals surface area contributed by atoms with Crippen LogP contribution in [0.4, 0.5) is 0 Å². The van der Waals surface area contributed by atoms with Gasteiger partial charge in [0.1, 0.15) is 5.69 Å². The Morgan fingerprint density at radius 1 is 1.32 bits per heavy atom. The lowest BCUT2D eigenvalue weighted by Gasteiger charge is -2.06. The fourth-order valence-corrected chi connectivity index (χ4v) is 2.57. The van der Waals surface area contributed by atoms with Gasteiger partial charge in [-0.05, 0) is 23.8 Å². The van der Waals surface area contributed by atoms with Crippen molar-refractivity contribution in [1.29, 1.82) is 0 Å². The molecule has 0 radical (unpaired) electrons. The number of para-hydroxylation sites is 1. The Morgan fingerprint density at radius 3 is 2.74 bits per heavy atom. The Kier molecular flexibility index (Phi) is 4.74. The van der Waals surface area contributed by atoms with E-state index in [0.29, 0.717) is 17.4 Å². The molecule has 2 aromatic rings. The van der Waals surface area contributed by atoms with Gasteiger partial charge in [0, 0.05) is 0 Å². The molecule has 2 rings (SSSR count). The highest BCUT2D eigenvalue weighted by atomic mass is 32.2. The summed E-state index contributed by atoms with van der Waals surface area (Å²) in [7, 11) is 0. The van der Waals surface area contributed by atoms with Crippen molar-refractivity contribution < 1.29 is 4.79 Å². The van der Waals surface area contributed by atoms with Gasteiger partial charge in [0.05, 0.1) is 17.6 Å². The van der Waals surface area contributed by atoms with E-state index in [-0.39, 0.29) is 5.78 Å². The molecule has 1 aromatic heterocycles. The van der Waals surface area contributed by atoms with Crippen LogP contribution in [0.15, 0.2) is 36.5 Å². The van der Waals surface area contributed by atoms with E-state index in [9.17, 15) is 4.79 Å². The first-order valence-corrected chi connectivity index (χ1v) is 7.41. The van der Waals surface area contributed by atoms with Gasteiger partial charge in [0.25, 0.3) is 0 Å². The van der Waals surface area contributed by atoms with E-state index >= 15 is 0 Å². The zero-order valence-electron chi connectivity index (χ0n) is 11.1. The van der Waals surface area contributed by atoms with Gasteiger partial charge >= 0.3 is 0 Å². The van der Waals surface area contributed by atoms with E-state index in [1.165, 1.54) is 6.20 Å². The van der Waals surface area contributed by atoms with Crippen LogP contribution in [0.5, 0.6) is 0 Å². The molecule has 0 aliphatic heterocycles. The molecule has 0 fully saturated rings. The molecule has 100 valence electrons. The maximum Gasteiger partial charge on any atom is 0.192 e. The molecular formula is C14H17N3OS. The van der Waals surface area contributed by atoms with E-state index in [0.717, 1.165) is 11.4 Å². The van der Waals surface area contributed by atoms with Crippen molar-refractivity contribution in [1.82, 2.24) is 15.0 Å². The predicted molar refractivity (Wildman–Crippen MR) is 77.9 cm³/mol.